The number of aromatic nitrogens is 3. The van der Waals surface area contributed by atoms with Crippen molar-refractivity contribution >= 4 is 9.84 Å². The first-order chi connectivity index (χ1) is 17.6. The Morgan fingerprint density at radius 3 is 2.49 bits per heavy atom. The highest BCUT2D eigenvalue weighted by Crippen LogP contribution is 2.44. The van der Waals surface area contributed by atoms with Gasteiger partial charge in [0.1, 0.15) is 12.1 Å². The van der Waals surface area contributed by atoms with E-state index in [1.165, 1.54) is 49.1 Å². The quantitative estimate of drug-likeness (QED) is 0.248. The van der Waals surface area contributed by atoms with Gasteiger partial charge in [-0.3, -0.25) is 0 Å². The first kappa shape index (κ1) is 24.8. The lowest BCUT2D eigenvalue weighted by Gasteiger charge is -2.29. The number of hydrogen-bond acceptors (Lipinski definition) is 6. The first-order valence-corrected chi connectivity index (χ1v) is 12.8. The highest BCUT2D eigenvalue weighted by atomic mass is 32.2. The number of pyridine rings is 1. The third-order valence-corrected chi connectivity index (χ3v) is 7.81. The smallest absolute Gasteiger partial charge is 0.416 e. The summed E-state index contributed by atoms with van der Waals surface area (Å²) in [5, 5.41) is 0. The number of halogens is 4. The van der Waals surface area contributed by atoms with Gasteiger partial charge in [-0.05, 0) is 60.0 Å². The Morgan fingerprint density at radius 2 is 1.78 bits per heavy atom. The maximum absolute atomic E-state index is 13.5. The molecule has 0 saturated heterocycles. The second kappa shape index (κ2) is 9.55. The van der Waals surface area contributed by atoms with Gasteiger partial charge in [-0.25, -0.2) is 23.4 Å². The molecule has 3 heterocycles. The van der Waals surface area contributed by atoms with Gasteiger partial charge in [0.15, 0.2) is 9.84 Å². The molecule has 0 spiro atoms. The molecule has 0 fully saturated rings. The van der Waals surface area contributed by atoms with Crippen LogP contribution < -0.4 is 4.74 Å². The fourth-order valence-electron chi connectivity index (χ4n) is 4.39. The molecule has 2 aromatic heterocycles. The van der Waals surface area contributed by atoms with E-state index in [-0.39, 0.29) is 28.7 Å². The average Bonchev–Trinajstić information content (AvgIpc) is 2.88. The van der Waals surface area contributed by atoms with E-state index in [2.05, 4.69) is 15.0 Å². The molecule has 190 valence electrons. The van der Waals surface area contributed by atoms with Crippen LogP contribution in [0.25, 0.3) is 11.1 Å². The summed E-state index contributed by atoms with van der Waals surface area (Å²) in [5.74, 6) is -1.12. The van der Waals surface area contributed by atoms with Crippen molar-refractivity contribution in [3.05, 3.63) is 102 Å². The van der Waals surface area contributed by atoms with Crippen molar-refractivity contribution < 1.29 is 30.7 Å². The molecule has 0 unspecified atom stereocenters. The lowest BCUT2D eigenvalue weighted by atomic mass is 9.82. The molecule has 0 aliphatic carbocycles. The van der Waals surface area contributed by atoms with Gasteiger partial charge in [-0.2, -0.15) is 17.6 Å². The molecule has 11 heteroatoms. The highest BCUT2D eigenvalue weighted by Gasteiger charge is 2.33. The van der Waals surface area contributed by atoms with E-state index < -0.39 is 27.5 Å². The van der Waals surface area contributed by atoms with Crippen molar-refractivity contribution in [3.63, 3.8) is 0 Å². The summed E-state index contributed by atoms with van der Waals surface area (Å²) in [6.07, 6.45) is -0.202. The molecule has 37 heavy (non-hydrogen) atoms. The van der Waals surface area contributed by atoms with Crippen molar-refractivity contribution in [2.24, 2.45) is 0 Å². The Labute approximate surface area is 209 Å². The SMILES string of the molecule is O=S(=O)(Cc1ccncn1)c1ccc2c(c1)OCC[C@H]2c1ccc(C(F)(F)F)cc1-c1ccc(F)nc1. The maximum atomic E-state index is 13.5. The van der Waals surface area contributed by atoms with Crippen LogP contribution in [0.3, 0.4) is 0 Å². The molecule has 2 aromatic carbocycles. The minimum atomic E-state index is -4.57. The first-order valence-electron chi connectivity index (χ1n) is 11.2. The molecule has 1 aliphatic heterocycles. The third-order valence-electron chi connectivity index (χ3n) is 6.16. The molecule has 4 aromatic rings. The third kappa shape index (κ3) is 5.17. The van der Waals surface area contributed by atoms with Crippen LogP contribution in [0.1, 0.15) is 34.7 Å². The number of nitrogens with zero attached hydrogens (tertiary/aromatic N) is 3. The zero-order chi connectivity index (χ0) is 26.2. The Morgan fingerprint density at radius 1 is 0.973 bits per heavy atom. The van der Waals surface area contributed by atoms with Crippen molar-refractivity contribution in [3.8, 4) is 16.9 Å². The van der Waals surface area contributed by atoms with E-state index in [4.69, 9.17) is 4.74 Å². The summed E-state index contributed by atoms with van der Waals surface area (Å²) in [6.45, 7) is 0.231. The van der Waals surface area contributed by atoms with Gasteiger partial charge in [-0.15, -0.1) is 0 Å². The van der Waals surface area contributed by atoms with E-state index >= 15 is 0 Å². The minimum Gasteiger partial charge on any atom is -0.493 e. The van der Waals surface area contributed by atoms with Crippen molar-refractivity contribution in [1.82, 2.24) is 15.0 Å². The summed E-state index contributed by atoms with van der Waals surface area (Å²) in [4.78, 5) is 11.4. The van der Waals surface area contributed by atoms with Crippen LogP contribution in [-0.4, -0.2) is 30.0 Å². The van der Waals surface area contributed by atoms with Gasteiger partial charge in [0.2, 0.25) is 5.95 Å². The number of alkyl halides is 3. The standard InChI is InChI=1S/C26H19F4N3O3S/c27-25-6-1-16(13-32-25)23-11-17(26(28,29)30)2-4-20(23)21-8-10-36-24-12-19(3-5-22(21)24)37(34,35)14-18-7-9-31-15-33-18/h1-7,9,11-13,15,21H,8,10,14H2/t21-/m0/s1. The number of ether oxygens (including phenoxy) is 1. The van der Waals surface area contributed by atoms with Gasteiger partial charge >= 0.3 is 6.18 Å². The number of rotatable bonds is 5. The van der Waals surface area contributed by atoms with Gasteiger partial charge in [-0.1, -0.05) is 12.1 Å². The number of hydrogen-bond donors (Lipinski definition) is 0. The number of benzene rings is 2. The lowest BCUT2D eigenvalue weighted by Crippen LogP contribution is -2.17. The molecule has 0 radical (unpaired) electrons. The Kier molecular flexibility index (Phi) is 6.40. The Bertz CT molecular complexity index is 1540. The Hall–Kier alpha value is -3.86. The molecule has 5 rings (SSSR count). The van der Waals surface area contributed by atoms with Crippen molar-refractivity contribution in [2.75, 3.05) is 6.61 Å². The van der Waals surface area contributed by atoms with Crippen molar-refractivity contribution in [1.29, 1.82) is 0 Å². The van der Waals surface area contributed by atoms with E-state index in [0.717, 1.165) is 18.2 Å². The van der Waals surface area contributed by atoms with Gasteiger partial charge in [0.25, 0.3) is 0 Å². The van der Waals surface area contributed by atoms with E-state index in [9.17, 15) is 26.0 Å². The second-order valence-electron chi connectivity index (χ2n) is 8.52. The predicted molar refractivity (Wildman–Crippen MR) is 126 cm³/mol. The molecule has 6 nitrogen and oxygen atoms in total. The maximum Gasteiger partial charge on any atom is 0.416 e. The molecular formula is C26H19F4N3O3S. The average molecular weight is 530 g/mol. The van der Waals surface area contributed by atoms with Crippen LogP contribution in [0.15, 0.2) is 78.2 Å². The zero-order valence-corrected chi connectivity index (χ0v) is 19.9. The highest BCUT2D eigenvalue weighted by molar-refractivity contribution is 7.90. The molecule has 1 aliphatic rings. The Balaban J connectivity index is 1.56. The van der Waals surface area contributed by atoms with E-state index in [0.29, 0.717) is 34.6 Å². The van der Waals surface area contributed by atoms with Crippen LogP contribution in [0.5, 0.6) is 5.75 Å². The summed E-state index contributed by atoms with van der Waals surface area (Å²) in [5.41, 5.74) is 1.31. The number of fused-ring (bicyclic) bond motifs is 1. The lowest BCUT2D eigenvalue weighted by molar-refractivity contribution is -0.137. The minimum absolute atomic E-state index is 0.0425. The normalized spacial score (nSPS) is 15.6. The van der Waals surface area contributed by atoms with Gasteiger partial charge in [0, 0.05) is 29.4 Å². The summed E-state index contributed by atoms with van der Waals surface area (Å²) >= 11 is 0. The van der Waals surface area contributed by atoms with E-state index in [1.54, 1.807) is 6.07 Å². The van der Waals surface area contributed by atoms with Crippen molar-refractivity contribution in [2.45, 2.75) is 29.2 Å². The van der Waals surface area contributed by atoms with Gasteiger partial charge in [0.05, 0.1) is 28.5 Å². The van der Waals surface area contributed by atoms with Crippen LogP contribution in [0.2, 0.25) is 0 Å². The summed E-state index contributed by atoms with van der Waals surface area (Å²) in [6, 6.07) is 11.9. The van der Waals surface area contributed by atoms with Crippen LogP contribution in [-0.2, 0) is 21.8 Å². The van der Waals surface area contributed by atoms with Crippen LogP contribution >= 0.6 is 0 Å². The van der Waals surface area contributed by atoms with Crippen LogP contribution in [0, 0.1) is 5.95 Å². The molecule has 0 N–H and O–H groups in total. The van der Waals surface area contributed by atoms with E-state index in [1.807, 2.05) is 0 Å². The molecule has 0 bridgehead atoms. The largest absolute Gasteiger partial charge is 0.493 e. The topological polar surface area (TPSA) is 82.0 Å². The zero-order valence-electron chi connectivity index (χ0n) is 19.1. The molecular weight excluding hydrogens is 510 g/mol. The van der Waals surface area contributed by atoms with Gasteiger partial charge < -0.3 is 4.74 Å². The predicted octanol–water partition coefficient (Wildman–Crippen LogP) is 5.58. The molecule has 0 saturated carbocycles. The van der Waals surface area contributed by atoms with Crippen LogP contribution in [0.4, 0.5) is 17.6 Å². The monoisotopic (exact) mass is 529 g/mol. The molecule has 1 atom stereocenters. The summed E-state index contributed by atoms with van der Waals surface area (Å²) < 4.78 is 85.7. The fourth-order valence-corrected chi connectivity index (χ4v) is 5.68. The second-order valence-corrected chi connectivity index (χ2v) is 10.5. The molecule has 0 amide bonds. The fraction of sp³-hybridized carbons (Fsp3) is 0.192. The summed E-state index contributed by atoms with van der Waals surface area (Å²) in [7, 11) is -3.75. The number of sulfone groups is 1.